The Morgan fingerprint density at radius 3 is 2.35 bits per heavy atom. The number of carbonyl (C=O) groups is 2. The van der Waals surface area contributed by atoms with E-state index in [0.29, 0.717) is 5.56 Å². The summed E-state index contributed by atoms with van der Waals surface area (Å²) in [6, 6.07) is 12.1. The number of nitro groups is 1. The summed E-state index contributed by atoms with van der Waals surface area (Å²) in [5, 5.41) is 10.7. The van der Waals surface area contributed by atoms with E-state index in [1.807, 2.05) is 6.92 Å². The summed E-state index contributed by atoms with van der Waals surface area (Å²) in [5.74, 6) is -1.11. The lowest BCUT2D eigenvalue weighted by Gasteiger charge is -2.12. The number of ether oxygens (including phenoxy) is 1. The highest BCUT2D eigenvalue weighted by Gasteiger charge is 2.21. The van der Waals surface area contributed by atoms with Gasteiger partial charge < -0.3 is 4.74 Å². The fourth-order valence-corrected chi connectivity index (χ4v) is 1.98. The van der Waals surface area contributed by atoms with Gasteiger partial charge in [0.15, 0.2) is 6.10 Å². The Hall–Kier alpha value is -3.02. The van der Waals surface area contributed by atoms with Crippen LogP contribution >= 0.6 is 0 Å². The van der Waals surface area contributed by atoms with Crippen LogP contribution in [0.15, 0.2) is 48.5 Å². The lowest BCUT2D eigenvalue weighted by atomic mass is 10.1. The van der Waals surface area contributed by atoms with Crippen LogP contribution in [-0.4, -0.2) is 22.8 Å². The molecule has 0 aliphatic carbocycles. The molecule has 1 unspecified atom stereocenters. The molecular formula is C17H15NO5. The Morgan fingerprint density at radius 1 is 1.09 bits per heavy atom. The molecule has 1 atom stereocenters. The molecule has 0 amide bonds. The van der Waals surface area contributed by atoms with Crippen LogP contribution in [-0.2, 0) is 4.74 Å². The number of hydrogen-bond donors (Lipinski definition) is 0. The van der Waals surface area contributed by atoms with E-state index in [-0.39, 0.29) is 17.0 Å². The van der Waals surface area contributed by atoms with Crippen LogP contribution in [0.5, 0.6) is 0 Å². The Morgan fingerprint density at radius 2 is 1.74 bits per heavy atom. The van der Waals surface area contributed by atoms with Gasteiger partial charge in [-0.3, -0.25) is 14.9 Å². The molecule has 0 bridgehead atoms. The maximum atomic E-state index is 12.2. The number of non-ortho nitro benzene ring substituents is 1. The van der Waals surface area contributed by atoms with Crippen molar-refractivity contribution < 1.29 is 19.2 Å². The van der Waals surface area contributed by atoms with Gasteiger partial charge in [-0.1, -0.05) is 35.9 Å². The molecule has 0 aliphatic rings. The zero-order valence-corrected chi connectivity index (χ0v) is 12.7. The lowest BCUT2D eigenvalue weighted by molar-refractivity contribution is -0.384. The van der Waals surface area contributed by atoms with Crippen molar-refractivity contribution in [3.05, 3.63) is 75.3 Å². The van der Waals surface area contributed by atoms with E-state index < -0.39 is 17.0 Å². The smallest absolute Gasteiger partial charge is 0.339 e. The third-order valence-corrected chi connectivity index (χ3v) is 3.28. The first-order chi connectivity index (χ1) is 10.9. The largest absolute Gasteiger partial charge is 0.451 e. The molecule has 6 heteroatoms. The number of benzene rings is 2. The molecule has 118 valence electrons. The van der Waals surface area contributed by atoms with Crippen LogP contribution in [0.4, 0.5) is 5.69 Å². The Labute approximate surface area is 132 Å². The van der Waals surface area contributed by atoms with Crippen molar-refractivity contribution in [1.82, 2.24) is 0 Å². The second-order valence-electron chi connectivity index (χ2n) is 5.09. The van der Waals surface area contributed by atoms with Crippen molar-refractivity contribution in [2.45, 2.75) is 20.0 Å². The van der Waals surface area contributed by atoms with Crippen molar-refractivity contribution in [3.8, 4) is 0 Å². The van der Waals surface area contributed by atoms with Crippen LogP contribution in [0, 0.1) is 17.0 Å². The Kier molecular flexibility index (Phi) is 4.85. The highest BCUT2D eigenvalue weighted by atomic mass is 16.6. The average molecular weight is 313 g/mol. The highest BCUT2D eigenvalue weighted by Crippen LogP contribution is 2.15. The van der Waals surface area contributed by atoms with Gasteiger partial charge in [-0.25, -0.2) is 4.79 Å². The van der Waals surface area contributed by atoms with Gasteiger partial charge in [-0.05, 0) is 19.9 Å². The lowest BCUT2D eigenvalue weighted by Crippen LogP contribution is -2.24. The molecule has 0 fully saturated rings. The molecule has 0 aliphatic heterocycles. The number of nitrogens with zero attached hydrogens (tertiary/aromatic N) is 1. The first kappa shape index (κ1) is 16.4. The number of rotatable bonds is 5. The minimum atomic E-state index is -0.982. The molecule has 0 saturated heterocycles. The van der Waals surface area contributed by atoms with E-state index in [1.165, 1.54) is 25.1 Å². The van der Waals surface area contributed by atoms with E-state index in [0.717, 1.165) is 11.6 Å². The summed E-state index contributed by atoms with van der Waals surface area (Å²) in [7, 11) is 0. The fraction of sp³-hybridized carbons (Fsp3) is 0.176. The average Bonchev–Trinajstić information content (AvgIpc) is 2.54. The summed E-state index contributed by atoms with van der Waals surface area (Å²) in [6.45, 7) is 3.37. The van der Waals surface area contributed by atoms with Gasteiger partial charge in [0.1, 0.15) is 0 Å². The standard InChI is InChI=1S/C17H15NO5/c1-11-6-8-13(9-7-11)16(19)12(2)23-17(20)14-4-3-5-15(10-14)18(21)22/h3-10,12H,1-2H3. The zero-order valence-electron chi connectivity index (χ0n) is 12.7. The van der Waals surface area contributed by atoms with Gasteiger partial charge in [0, 0.05) is 17.7 Å². The Balaban J connectivity index is 2.10. The predicted octanol–water partition coefficient (Wildman–Crippen LogP) is 3.33. The molecule has 2 rings (SSSR count). The van der Waals surface area contributed by atoms with E-state index >= 15 is 0 Å². The molecule has 2 aromatic rings. The van der Waals surface area contributed by atoms with Crippen molar-refractivity contribution in [2.24, 2.45) is 0 Å². The van der Waals surface area contributed by atoms with Gasteiger partial charge in [-0.15, -0.1) is 0 Å². The Bertz CT molecular complexity index is 752. The van der Waals surface area contributed by atoms with E-state index in [1.54, 1.807) is 24.3 Å². The molecule has 2 aromatic carbocycles. The number of Topliss-reactive ketones (excluding diaryl/α,β-unsaturated/α-hetero) is 1. The minimum absolute atomic E-state index is 0.0303. The normalized spacial score (nSPS) is 11.6. The number of aryl methyl sites for hydroxylation is 1. The van der Waals surface area contributed by atoms with E-state index in [2.05, 4.69) is 0 Å². The van der Waals surface area contributed by atoms with Crippen LogP contribution in [0.25, 0.3) is 0 Å². The van der Waals surface area contributed by atoms with Gasteiger partial charge in [0.05, 0.1) is 10.5 Å². The van der Waals surface area contributed by atoms with Crippen LogP contribution in [0.3, 0.4) is 0 Å². The topological polar surface area (TPSA) is 86.5 Å². The van der Waals surface area contributed by atoms with Crippen molar-refractivity contribution >= 4 is 17.4 Å². The van der Waals surface area contributed by atoms with Crippen molar-refractivity contribution in [3.63, 3.8) is 0 Å². The van der Waals surface area contributed by atoms with Crippen LogP contribution in [0.1, 0.15) is 33.2 Å². The summed E-state index contributed by atoms with van der Waals surface area (Å²) in [6.07, 6.45) is -0.982. The summed E-state index contributed by atoms with van der Waals surface area (Å²) < 4.78 is 5.11. The fourth-order valence-electron chi connectivity index (χ4n) is 1.98. The summed E-state index contributed by atoms with van der Waals surface area (Å²) in [5.41, 5.74) is 1.28. The summed E-state index contributed by atoms with van der Waals surface area (Å²) in [4.78, 5) is 34.4. The summed E-state index contributed by atoms with van der Waals surface area (Å²) >= 11 is 0. The molecule has 0 radical (unpaired) electrons. The van der Waals surface area contributed by atoms with Gasteiger partial charge in [0.25, 0.3) is 5.69 Å². The zero-order chi connectivity index (χ0) is 17.0. The number of nitro benzene ring substituents is 1. The maximum absolute atomic E-state index is 12.2. The number of hydrogen-bond acceptors (Lipinski definition) is 5. The third-order valence-electron chi connectivity index (χ3n) is 3.28. The number of ketones is 1. The molecule has 0 heterocycles. The molecule has 0 spiro atoms. The van der Waals surface area contributed by atoms with Gasteiger partial charge in [-0.2, -0.15) is 0 Å². The molecular weight excluding hydrogens is 298 g/mol. The molecule has 0 aromatic heterocycles. The van der Waals surface area contributed by atoms with Crippen LogP contribution in [0.2, 0.25) is 0 Å². The predicted molar refractivity (Wildman–Crippen MR) is 83.5 cm³/mol. The molecule has 6 nitrogen and oxygen atoms in total. The van der Waals surface area contributed by atoms with Gasteiger partial charge in [0.2, 0.25) is 5.78 Å². The van der Waals surface area contributed by atoms with Crippen molar-refractivity contribution in [2.75, 3.05) is 0 Å². The molecule has 0 N–H and O–H groups in total. The first-order valence-corrected chi connectivity index (χ1v) is 6.95. The first-order valence-electron chi connectivity index (χ1n) is 6.95. The van der Waals surface area contributed by atoms with Gasteiger partial charge >= 0.3 is 5.97 Å². The molecule has 0 saturated carbocycles. The number of esters is 1. The second kappa shape index (κ2) is 6.83. The highest BCUT2D eigenvalue weighted by molar-refractivity contribution is 6.01. The number of carbonyl (C=O) groups excluding carboxylic acids is 2. The van der Waals surface area contributed by atoms with Crippen molar-refractivity contribution in [1.29, 1.82) is 0 Å². The van der Waals surface area contributed by atoms with E-state index in [4.69, 9.17) is 4.74 Å². The SMILES string of the molecule is Cc1ccc(C(=O)C(C)OC(=O)c2cccc([N+](=O)[O-])c2)cc1. The minimum Gasteiger partial charge on any atom is -0.451 e. The monoisotopic (exact) mass is 313 g/mol. The second-order valence-corrected chi connectivity index (χ2v) is 5.09. The molecule has 23 heavy (non-hydrogen) atoms. The van der Waals surface area contributed by atoms with E-state index in [9.17, 15) is 19.7 Å². The maximum Gasteiger partial charge on any atom is 0.339 e. The quantitative estimate of drug-likeness (QED) is 0.366. The van der Waals surface area contributed by atoms with Crippen LogP contribution < -0.4 is 0 Å². The third kappa shape index (κ3) is 4.00.